The normalized spacial score (nSPS) is 10.4. The van der Waals surface area contributed by atoms with E-state index in [0.29, 0.717) is 24.0 Å². The third-order valence-corrected chi connectivity index (χ3v) is 2.58. The van der Waals surface area contributed by atoms with Gasteiger partial charge in [0.15, 0.2) is 6.29 Å². The van der Waals surface area contributed by atoms with Gasteiger partial charge in [0.25, 0.3) is 0 Å². The highest BCUT2D eigenvalue weighted by Crippen LogP contribution is 2.20. The van der Waals surface area contributed by atoms with Gasteiger partial charge in [0, 0.05) is 6.20 Å². The van der Waals surface area contributed by atoms with E-state index in [1.54, 1.807) is 18.3 Å². The molecular weight excluding hydrogens is 231 g/mol. The molecule has 0 aliphatic rings. The monoisotopic (exact) mass is 238 g/mol. The summed E-state index contributed by atoms with van der Waals surface area (Å²) in [4.78, 5) is 10.5. The summed E-state index contributed by atoms with van der Waals surface area (Å²) < 4.78 is 14.7. The average Bonchev–Trinajstić information content (AvgIpc) is 2.73. The molecule has 0 saturated carbocycles. The zero-order valence-electron chi connectivity index (χ0n) is 8.23. The van der Waals surface area contributed by atoms with Crippen molar-refractivity contribution in [2.24, 2.45) is 0 Å². The lowest BCUT2D eigenvalue weighted by Crippen LogP contribution is -2.01. The number of aldehydes is 1. The number of nitrogens with zero attached hydrogens (tertiary/aromatic N) is 2. The van der Waals surface area contributed by atoms with Gasteiger partial charge in [-0.2, -0.15) is 5.10 Å². The maximum atomic E-state index is 13.1. The van der Waals surface area contributed by atoms with Gasteiger partial charge in [0.05, 0.1) is 23.3 Å². The zero-order chi connectivity index (χ0) is 11.5. The number of carbonyl (C=O) groups is 1. The number of halogens is 2. The van der Waals surface area contributed by atoms with Gasteiger partial charge in [-0.15, -0.1) is 0 Å². The standard InChI is InChI=1S/C11H8ClFN2O/c12-11-9(2-1-3-10(11)13)6-15-5-8(7-16)4-14-15/h1-5,7H,6H2. The van der Waals surface area contributed by atoms with E-state index in [0.717, 1.165) is 0 Å². The molecule has 0 spiro atoms. The van der Waals surface area contributed by atoms with E-state index in [-0.39, 0.29) is 5.02 Å². The van der Waals surface area contributed by atoms with Crippen molar-refractivity contribution in [2.75, 3.05) is 0 Å². The number of rotatable bonds is 3. The fraction of sp³-hybridized carbons (Fsp3) is 0.0909. The van der Waals surface area contributed by atoms with E-state index in [1.165, 1.54) is 16.9 Å². The molecular formula is C11H8ClFN2O. The Kier molecular flexibility index (Phi) is 3.01. The summed E-state index contributed by atoms with van der Waals surface area (Å²) >= 11 is 5.80. The van der Waals surface area contributed by atoms with Crippen molar-refractivity contribution >= 4 is 17.9 Å². The predicted octanol–water partition coefficient (Wildman–Crippen LogP) is 2.54. The summed E-state index contributed by atoms with van der Waals surface area (Å²) in [6.45, 7) is 0.338. The Morgan fingerprint density at radius 1 is 1.50 bits per heavy atom. The predicted molar refractivity (Wildman–Crippen MR) is 58.1 cm³/mol. The van der Waals surface area contributed by atoms with Crippen LogP contribution in [-0.4, -0.2) is 16.1 Å². The zero-order valence-corrected chi connectivity index (χ0v) is 8.99. The molecule has 1 aromatic carbocycles. The molecule has 0 bridgehead atoms. The first-order chi connectivity index (χ1) is 7.70. The Bertz CT molecular complexity index is 524. The third-order valence-electron chi connectivity index (χ3n) is 2.15. The van der Waals surface area contributed by atoms with E-state index < -0.39 is 5.82 Å². The Morgan fingerprint density at radius 3 is 3.00 bits per heavy atom. The molecule has 0 atom stereocenters. The van der Waals surface area contributed by atoms with Crippen LogP contribution in [0.3, 0.4) is 0 Å². The Morgan fingerprint density at radius 2 is 2.31 bits per heavy atom. The van der Waals surface area contributed by atoms with Crippen molar-refractivity contribution in [2.45, 2.75) is 6.54 Å². The highest BCUT2D eigenvalue weighted by Gasteiger charge is 2.06. The summed E-state index contributed by atoms with van der Waals surface area (Å²) in [6.07, 6.45) is 3.73. The summed E-state index contributed by atoms with van der Waals surface area (Å²) in [5.41, 5.74) is 1.11. The van der Waals surface area contributed by atoms with E-state index in [9.17, 15) is 9.18 Å². The smallest absolute Gasteiger partial charge is 0.153 e. The van der Waals surface area contributed by atoms with Crippen LogP contribution in [0, 0.1) is 5.82 Å². The minimum atomic E-state index is -0.457. The van der Waals surface area contributed by atoms with E-state index >= 15 is 0 Å². The minimum Gasteiger partial charge on any atom is -0.298 e. The Hall–Kier alpha value is -1.68. The molecule has 5 heteroatoms. The molecule has 16 heavy (non-hydrogen) atoms. The van der Waals surface area contributed by atoms with Crippen LogP contribution in [0.1, 0.15) is 15.9 Å². The second-order valence-electron chi connectivity index (χ2n) is 3.30. The number of aromatic nitrogens is 2. The minimum absolute atomic E-state index is 0.0886. The highest BCUT2D eigenvalue weighted by atomic mass is 35.5. The lowest BCUT2D eigenvalue weighted by atomic mass is 10.2. The largest absolute Gasteiger partial charge is 0.298 e. The van der Waals surface area contributed by atoms with Crippen LogP contribution in [0.25, 0.3) is 0 Å². The molecule has 82 valence electrons. The van der Waals surface area contributed by atoms with Gasteiger partial charge in [-0.25, -0.2) is 4.39 Å². The molecule has 0 N–H and O–H groups in total. The molecule has 0 aliphatic carbocycles. The van der Waals surface area contributed by atoms with Crippen molar-refractivity contribution in [3.63, 3.8) is 0 Å². The molecule has 0 saturated heterocycles. The topological polar surface area (TPSA) is 34.9 Å². The molecule has 0 fully saturated rings. The lowest BCUT2D eigenvalue weighted by Gasteiger charge is -2.04. The molecule has 2 rings (SSSR count). The molecule has 0 unspecified atom stereocenters. The maximum absolute atomic E-state index is 13.1. The van der Waals surface area contributed by atoms with Crippen LogP contribution < -0.4 is 0 Å². The van der Waals surface area contributed by atoms with E-state index in [1.807, 2.05) is 0 Å². The second-order valence-corrected chi connectivity index (χ2v) is 3.68. The molecule has 0 amide bonds. The Balaban J connectivity index is 2.26. The van der Waals surface area contributed by atoms with Crippen molar-refractivity contribution in [3.8, 4) is 0 Å². The fourth-order valence-corrected chi connectivity index (χ4v) is 1.56. The molecule has 0 aliphatic heterocycles. The first-order valence-electron chi connectivity index (χ1n) is 4.61. The Labute approximate surface area is 96.5 Å². The number of hydrogen-bond donors (Lipinski definition) is 0. The van der Waals surface area contributed by atoms with Crippen molar-refractivity contribution in [3.05, 3.63) is 52.6 Å². The first kappa shape index (κ1) is 10.8. The van der Waals surface area contributed by atoms with Crippen molar-refractivity contribution in [1.82, 2.24) is 9.78 Å². The average molecular weight is 239 g/mol. The van der Waals surface area contributed by atoms with Gasteiger partial charge < -0.3 is 0 Å². The van der Waals surface area contributed by atoms with Crippen LogP contribution in [0.5, 0.6) is 0 Å². The summed E-state index contributed by atoms with van der Waals surface area (Å²) in [5.74, 6) is -0.457. The van der Waals surface area contributed by atoms with E-state index in [2.05, 4.69) is 5.10 Å². The van der Waals surface area contributed by atoms with Crippen LogP contribution in [0.2, 0.25) is 5.02 Å². The molecule has 2 aromatic rings. The van der Waals surface area contributed by atoms with Gasteiger partial charge in [-0.3, -0.25) is 9.48 Å². The summed E-state index contributed by atoms with van der Waals surface area (Å²) in [7, 11) is 0. The summed E-state index contributed by atoms with van der Waals surface area (Å²) in [5, 5.41) is 4.05. The van der Waals surface area contributed by atoms with Gasteiger partial charge >= 0.3 is 0 Å². The second kappa shape index (κ2) is 4.45. The van der Waals surface area contributed by atoms with Crippen molar-refractivity contribution in [1.29, 1.82) is 0 Å². The molecule has 3 nitrogen and oxygen atoms in total. The van der Waals surface area contributed by atoms with E-state index in [4.69, 9.17) is 11.6 Å². The van der Waals surface area contributed by atoms with Gasteiger partial charge in [0.2, 0.25) is 0 Å². The number of carbonyl (C=O) groups excluding carboxylic acids is 1. The van der Waals surface area contributed by atoms with Crippen LogP contribution in [0.15, 0.2) is 30.6 Å². The van der Waals surface area contributed by atoms with Gasteiger partial charge in [-0.1, -0.05) is 23.7 Å². The maximum Gasteiger partial charge on any atom is 0.153 e. The van der Waals surface area contributed by atoms with Crippen molar-refractivity contribution < 1.29 is 9.18 Å². The molecule has 1 aromatic heterocycles. The van der Waals surface area contributed by atoms with Crippen LogP contribution in [-0.2, 0) is 6.54 Å². The van der Waals surface area contributed by atoms with Gasteiger partial charge in [-0.05, 0) is 11.6 Å². The molecule has 1 heterocycles. The lowest BCUT2D eigenvalue weighted by molar-refractivity contribution is 0.112. The van der Waals surface area contributed by atoms with Gasteiger partial charge in [0.1, 0.15) is 5.82 Å². The van der Waals surface area contributed by atoms with Crippen LogP contribution >= 0.6 is 11.6 Å². The third kappa shape index (κ3) is 2.12. The van der Waals surface area contributed by atoms with Crippen LogP contribution in [0.4, 0.5) is 4.39 Å². The summed E-state index contributed by atoms with van der Waals surface area (Å²) in [6, 6.07) is 4.60. The quantitative estimate of drug-likeness (QED) is 0.771. The number of benzene rings is 1. The first-order valence-corrected chi connectivity index (χ1v) is 4.99. The number of hydrogen-bond acceptors (Lipinski definition) is 2. The SMILES string of the molecule is O=Cc1cnn(Cc2cccc(F)c2Cl)c1. The molecule has 0 radical (unpaired) electrons. The fourth-order valence-electron chi connectivity index (χ4n) is 1.37. The highest BCUT2D eigenvalue weighted by molar-refractivity contribution is 6.31.